The van der Waals surface area contributed by atoms with Crippen molar-refractivity contribution in [2.45, 2.75) is 12.6 Å². The highest BCUT2D eigenvalue weighted by molar-refractivity contribution is 5.92. The van der Waals surface area contributed by atoms with E-state index < -0.39 is 12.1 Å². The van der Waals surface area contributed by atoms with Crippen molar-refractivity contribution in [3.63, 3.8) is 0 Å². The second kappa shape index (κ2) is 6.02. The number of furan rings is 1. The number of morpholine rings is 1. The van der Waals surface area contributed by atoms with Gasteiger partial charge in [0.15, 0.2) is 11.9 Å². The highest BCUT2D eigenvalue weighted by Gasteiger charge is 2.30. The number of ether oxygens (including phenoxy) is 1. The van der Waals surface area contributed by atoms with Gasteiger partial charge in [-0.25, -0.2) is 9.78 Å². The Labute approximate surface area is 125 Å². The number of carboxylic acids is 1. The van der Waals surface area contributed by atoms with Gasteiger partial charge in [-0.05, 0) is 12.1 Å². The lowest BCUT2D eigenvalue weighted by Crippen LogP contribution is -2.48. The number of imidazole rings is 1. The second-order valence-corrected chi connectivity index (χ2v) is 4.95. The number of rotatable bonds is 4. The maximum atomic E-state index is 12.3. The molecule has 2 aromatic heterocycles. The van der Waals surface area contributed by atoms with E-state index in [-0.39, 0.29) is 24.8 Å². The van der Waals surface area contributed by atoms with Crippen molar-refractivity contribution in [1.29, 1.82) is 0 Å². The molecule has 22 heavy (non-hydrogen) atoms. The standard InChI is InChI=1S/C14H15N3O5/c18-13(17-5-6-21-12(8-17)14(19)20)11-2-1-10(22-11)7-16-4-3-15-9-16/h1-4,9,12H,5-8H2,(H,19,20)/t12-/m1/s1. The number of carbonyl (C=O) groups excluding carboxylic acids is 1. The SMILES string of the molecule is O=C(O)[C@H]1CN(C(=O)c2ccc(Cn3ccnc3)o2)CCO1. The predicted molar refractivity (Wildman–Crippen MR) is 73.3 cm³/mol. The van der Waals surface area contributed by atoms with Crippen molar-refractivity contribution in [2.24, 2.45) is 0 Å². The number of nitrogens with zero attached hydrogens (tertiary/aromatic N) is 3. The van der Waals surface area contributed by atoms with E-state index >= 15 is 0 Å². The third-order valence-electron chi connectivity index (χ3n) is 3.40. The zero-order valence-corrected chi connectivity index (χ0v) is 11.7. The number of hydrogen-bond donors (Lipinski definition) is 1. The summed E-state index contributed by atoms with van der Waals surface area (Å²) in [7, 11) is 0. The van der Waals surface area contributed by atoms with Crippen molar-refractivity contribution in [3.05, 3.63) is 42.4 Å². The molecule has 3 rings (SSSR count). The molecule has 8 nitrogen and oxygen atoms in total. The minimum atomic E-state index is -1.07. The summed E-state index contributed by atoms with van der Waals surface area (Å²) in [6.07, 6.45) is 4.12. The molecule has 1 fully saturated rings. The summed E-state index contributed by atoms with van der Waals surface area (Å²) in [6, 6.07) is 3.32. The Bertz CT molecular complexity index is 664. The first-order chi connectivity index (χ1) is 10.6. The molecule has 3 heterocycles. The number of hydrogen-bond acceptors (Lipinski definition) is 5. The van der Waals surface area contributed by atoms with Gasteiger partial charge in [0, 0.05) is 18.9 Å². The smallest absolute Gasteiger partial charge is 0.334 e. The summed E-state index contributed by atoms with van der Waals surface area (Å²) in [5.41, 5.74) is 0. The average molecular weight is 305 g/mol. The number of aliphatic carboxylic acids is 1. The first-order valence-corrected chi connectivity index (χ1v) is 6.81. The molecule has 1 aliphatic heterocycles. The summed E-state index contributed by atoms with van der Waals surface area (Å²) in [4.78, 5) is 28.7. The third kappa shape index (κ3) is 3.01. The first kappa shape index (κ1) is 14.3. The van der Waals surface area contributed by atoms with Crippen LogP contribution in [0.15, 0.2) is 35.3 Å². The van der Waals surface area contributed by atoms with E-state index in [0.717, 1.165) is 0 Å². The van der Waals surface area contributed by atoms with Gasteiger partial charge < -0.3 is 23.7 Å². The molecule has 2 aromatic rings. The molecule has 0 unspecified atom stereocenters. The van der Waals surface area contributed by atoms with Gasteiger partial charge in [-0.1, -0.05) is 0 Å². The lowest BCUT2D eigenvalue weighted by molar-refractivity contribution is -0.154. The number of aromatic nitrogens is 2. The minimum Gasteiger partial charge on any atom is -0.479 e. The van der Waals surface area contributed by atoms with Gasteiger partial charge in [-0.2, -0.15) is 0 Å². The zero-order valence-electron chi connectivity index (χ0n) is 11.7. The fourth-order valence-electron chi connectivity index (χ4n) is 2.28. The number of carbonyl (C=O) groups is 2. The van der Waals surface area contributed by atoms with Crippen molar-refractivity contribution >= 4 is 11.9 Å². The van der Waals surface area contributed by atoms with Crippen LogP contribution in [-0.2, 0) is 16.1 Å². The van der Waals surface area contributed by atoms with E-state index in [4.69, 9.17) is 14.3 Å². The zero-order chi connectivity index (χ0) is 15.5. The Morgan fingerprint density at radius 3 is 3.00 bits per heavy atom. The van der Waals surface area contributed by atoms with Crippen molar-refractivity contribution in [1.82, 2.24) is 14.5 Å². The second-order valence-electron chi connectivity index (χ2n) is 4.95. The predicted octanol–water partition coefficient (Wildman–Crippen LogP) is 0.450. The molecule has 1 atom stereocenters. The van der Waals surface area contributed by atoms with Crippen LogP contribution in [0, 0.1) is 0 Å². The van der Waals surface area contributed by atoms with Gasteiger partial charge in [0.2, 0.25) is 0 Å². The summed E-state index contributed by atoms with van der Waals surface area (Å²) in [5, 5.41) is 8.96. The third-order valence-corrected chi connectivity index (χ3v) is 3.40. The quantitative estimate of drug-likeness (QED) is 0.880. The maximum absolute atomic E-state index is 12.3. The van der Waals surface area contributed by atoms with E-state index in [1.54, 1.807) is 30.9 Å². The van der Waals surface area contributed by atoms with E-state index in [1.807, 2.05) is 4.57 Å². The molecule has 0 bridgehead atoms. The summed E-state index contributed by atoms with van der Waals surface area (Å²) in [5.74, 6) is -0.574. The molecule has 0 saturated carbocycles. The average Bonchev–Trinajstić information content (AvgIpc) is 3.19. The van der Waals surface area contributed by atoms with Crippen molar-refractivity contribution in [3.8, 4) is 0 Å². The molecule has 1 aliphatic rings. The van der Waals surface area contributed by atoms with Crippen LogP contribution in [0.1, 0.15) is 16.3 Å². The molecule has 1 saturated heterocycles. The van der Waals surface area contributed by atoms with Crippen LogP contribution in [-0.4, -0.2) is 57.2 Å². The summed E-state index contributed by atoms with van der Waals surface area (Å²) < 4.78 is 12.5. The first-order valence-electron chi connectivity index (χ1n) is 6.81. The Morgan fingerprint density at radius 1 is 1.41 bits per heavy atom. The van der Waals surface area contributed by atoms with Crippen LogP contribution < -0.4 is 0 Å². The van der Waals surface area contributed by atoms with Gasteiger partial charge in [0.05, 0.1) is 26.0 Å². The van der Waals surface area contributed by atoms with Crippen LogP contribution in [0.2, 0.25) is 0 Å². The molecule has 8 heteroatoms. The fraction of sp³-hybridized carbons (Fsp3) is 0.357. The van der Waals surface area contributed by atoms with Crippen LogP contribution in [0.3, 0.4) is 0 Å². The number of amides is 1. The number of carboxylic acid groups (broad SMARTS) is 1. The molecule has 1 amide bonds. The van der Waals surface area contributed by atoms with E-state index in [1.165, 1.54) is 4.90 Å². The van der Waals surface area contributed by atoms with Crippen LogP contribution >= 0.6 is 0 Å². The van der Waals surface area contributed by atoms with Gasteiger partial charge in [0.25, 0.3) is 5.91 Å². The normalized spacial score (nSPS) is 18.4. The monoisotopic (exact) mass is 305 g/mol. The molecule has 0 aliphatic carbocycles. The van der Waals surface area contributed by atoms with E-state index in [2.05, 4.69) is 4.98 Å². The highest BCUT2D eigenvalue weighted by atomic mass is 16.5. The summed E-state index contributed by atoms with van der Waals surface area (Å²) in [6.45, 7) is 1.05. The summed E-state index contributed by atoms with van der Waals surface area (Å²) >= 11 is 0. The van der Waals surface area contributed by atoms with Crippen molar-refractivity contribution < 1.29 is 23.8 Å². The molecule has 0 radical (unpaired) electrons. The van der Waals surface area contributed by atoms with Crippen LogP contribution in [0.5, 0.6) is 0 Å². The lowest BCUT2D eigenvalue weighted by atomic mass is 10.2. The van der Waals surface area contributed by atoms with E-state index in [9.17, 15) is 9.59 Å². The van der Waals surface area contributed by atoms with Gasteiger partial charge >= 0.3 is 5.97 Å². The van der Waals surface area contributed by atoms with Gasteiger partial charge in [0.1, 0.15) is 5.76 Å². The molecule has 1 N–H and O–H groups in total. The van der Waals surface area contributed by atoms with Crippen molar-refractivity contribution in [2.75, 3.05) is 19.7 Å². The Balaban J connectivity index is 1.67. The molecule has 116 valence electrons. The highest BCUT2D eigenvalue weighted by Crippen LogP contribution is 2.15. The Hall–Kier alpha value is -2.61. The fourth-order valence-corrected chi connectivity index (χ4v) is 2.28. The Kier molecular flexibility index (Phi) is 3.92. The minimum absolute atomic E-state index is 0.0196. The molecule has 0 aromatic carbocycles. The maximum Gasteiger partial charge on any atom is 0.334 e. The van der Waals surface area contributed by atoms with E-state index in [0.29, 0.717) is 18.8 Å². The largest absolute Gasteiger partial charge is 0.479 e. The van der Waals surface area contributed by atoms with Crippen LogP contribution in [0.25, 0.3) is 0 Å². The molecular weight excluding hydrogens is 290 g/mol. The van der Waals surface area contributed by atoms with Gasteiger partial charge in [-0.15, -0.1) is 0 Å². The van der Waals surface area contributed by atoms with Crippen LogP contribution in [0.4, 0.5) is 0 Å². The van der Waals surface area contributed by atoms with Gasteiger partial charge in [-0.3, -0.25) is 4.79 Å². The Morgan fingerprint density at radius 2 is 2.27 bits per heavy atom. The lowest BCUT2D eigenvalue weighted by Gasteiger charge is -2.30. The molecule has 0 spiro atoms. The topological polar surface area (TPSA) is 97.8 Å². The molecular formula is C14H15N3O5.